The molecule has 2 saturated heterocycles. The molecule has 368 valence electrons. The van der Waals surface area contributed by atoms with Gasteiger partial charge in [0.2, 0.25) is 5.78 Å². The van der Waals surface area contributed by atoms with Crippen LogP contribution in [0.2, 0.25) is 0 Å². The first kappa shape index (κ1) is 48.7. The van der Waals surface area contributed by atoms with Crippen LogP contribution in [0.4, 0.5) is 8.78 Å². The van der Waals surface area contributed by atoms with E-state index in [1.54, 1.807) is 32.9 Å². The van der Waals surface area contributed by atoms with Gasteiger partial charge in [0.25, 0.3) is 0 Å². The number of hydrogen-bond donors (Lipinski definition) is 3. The highest BCUT2D eigenvalue weighted by Crippen LogP contribution is 2.73. The van der Waals surface area contributed by atoms with Gasteiger partial charge in [-0.15, -0.1) is 0 Å². The molecular weight excluding hydrogens is 867 g/mol. The van der Waals surface area contributed by atoms with Gasteiger partial charge < -0.3 is 34.4 Å². The molecule has 0 bridgehead atoms. The lowest BCUT2D eigenvalue weighted by Crippen LogP contribution is -2.71. The van der Waals surface area contributed by atoms with E-state index < -0.39 is 99.4 Å². The third-order valence-electron chi connectivity index (χ3n) is 19.5. The maximum atomic E-state index is 17.3. The number of ketones is 4. The quantitative estimate of drug-likeness (QED) is 0.311. The van der Waals surface area contributed by atoms with E-state index in [0.29, 0.717) is 19.4 Å². The van der Waals surface area contributed by atoms with Crippen LogP contribution < -0.4 is 0 Å². The summed E-state index contributed by atoms with van der Waals surface area (Å²) < 4.78 is 50.3. The number of likely N-dealkylation sites (N-methyl/N-ethyl adjacent to an activating group) is 1. The Hall–Kier alpha value is -3.31. The molecule has 10 aliphatic rings. The number of aliphatic hydroxyl groups is 3. The second-order valence-electron chi connectivity index (χ2n) is 23.3. The van der Waals surface area contributed by atoms with Gasteiger partial charge in [0.1, 0.15) is 11.8 Å². The number of aliphatic hydroxyl groups excluding tert-OH is 2. The molecule has 0 aromatic carbocycles. The summed E-state index contributed by atoms with van der Waals surface area (Å²) in [6, 6.07) is 0. The van der Waals surface area contributed by atoms with Crippen LogP contribution in [0.25, 0.3) is 0 Å². The van der Waals surface area contributed by atoms with E-state index in [1.807, 2.05) is 6.08 Å². The maximum Gasteiger partial charge on any atom is 0.303 e. The van der Waals surface area contributed by atoms with Crippen molar-refractivity contribution in [1.82, 2.24) is 9.80 Å². The van der Waals surface area contributed by atoms with Crippen molar-refractivity contribution < 1.29 is 62.3 Å². The van der Waals surface area contributed by atoms with Crippen LogP contribution >= 0.6 is 0 Å². The molecule has 0 spiro atoms. The Bertz CT molecular complexity index is 2250. The van der Waals surface area contributed by atoms with Crippen molar-refractivity contribution >= 4 is 29.1 Å². The Labute approximate surface area is 392 Å². The Balaban J connectivity index is 0.000000169. The van der Waals surface area contributed by atoms with Gasteiger partial charge in [-0.1, -0.05) is 38.5 Å². The van der Waals surface area contributed by atoms with Gasteiger partial charge >= 0.3 is 5.97 Å². The van der Waals surface area contributed by atoms with Crippen molar-refractivity contribution in [3.8, 4) is 0 Å². The van der Waals surface area contributed by atoms with Crippen molar-refractivity contribution in [2.45, 2.75) is 147 Å². The van der Waals surface area contributed by atoms with Gasteiger partial charge in [-0.05, 0) is 127 Å². The fraction of sp³-hybridized carbons (Fsp3) is 0.750. The number of carbonyl (C=O) groups is 5. The minimum absolute atomic E-state index is 0.0278. The summed E-state index contributed by atoms with van der Waals surface area (Å²) in [6.07, 6.45) is 7.99. The molecule has 16 atom stereocenters. The number of hydrogen-bond acceptors (Lipinski definition) is 13. The summed E-state index contributed by atoms with van der Waals surface area (Å²) in [5.41, 5.74) is -7.62. The lowest BCUT2D eigenvalue weighted by Gasteiger charge is -2.63. The second-order valence-corrected chi connectivity index (χ2v) is 23.3. The van der Waals surface area contributed by atoms with Crippen molar-refractivity contribution in [1.29, 1.82) is 0 Å². The van der Waals surface area contributed by atoms with Gasteiger partial charge in [0.05, 0.1) is 24.9 Å². The molecule has 0 aromatic heterocycles. The van der Waals surface area contributed by atoms with Crippen LogP contribution in [0, 0.1) is 51.2 Å². The smallest absolute Gasteiger partial charge is 0.303 e. The molecule has 0 radical (unpaired) electrons. The Kier molecular flexibility index (Phi) is 11.7. The number of esters is 1. The minimum atomic E-state index is -2.27. The fourth-order valence-corrected chi connectivity index (χ4v) is 16.2. The summed E-state index contributed by atoms with van der Waals surface area (Å²) in [5, 5.41) is 34.8. The van der Waals surface area contributed by atoms with Crippen molar-refractivity contribution in [3.05, 3.63) is 47.6 Å². The molecule has 8 fully saturated rings. The van der Waals surface area contributed by atoms with E-state index >= 15 is 8.78 Å². The molecule has 10 rings (SSSR count). The van der Waals surface area contributed by atoms with Crippen molar-refractivity contribution in [3.63, 3.8) is 0 Å². The van der Waals surface area contributed by atoms with E-state index in [0.717, 1.165) is 57.1 Å². The summed E-state index contributed by atoms with van der Waals surface area (Å²) in [5.74, 6) is -3.78. The van der Waals surface area contributed by atoms with E-state index in [9.17, 15) is 39.3 Å². The lowest BCUT2D eigenvalue weighted by atomic mass is 9.44. The van der Waals surface area contributed by atoms with Crippen LogP contribution in [-0.4, -0.2) is 148 Å². The molecule has 67 heavy (non-hydrogen) atoms. The highest BCUT2D eigenvalue weighted by Gasteiger charge is 2.81. The van der Waals surface area contributed by atoms with Crippen LogP contribution in [-0.2, 0) is 38.2 Å². The number of alkyl halides is 2. The average molecular weight is 937 g/mol. The molecule has 0 amide bonds. The molecular formula is C52H70F2N2O11. The highest BCUT2D eigenvalue weighted by atomic mass is 19.1. The molecule has 2 heterocycles. The van der Waals surface area contributed by atoms with Gasteiger partial charge in [-0.25, -0.2) is 8.78 Å². The number of piperazine rings is 1. The number of carbonyl (C=O) groups excluding carboxylic acids is 5. The second kappa shape index (κ2) is 16.1. The van der Waals surface area contributed by atoms with Gasteiger partial charge in [0, 0.05) is 66.6 Å². The summed E-state index contributed by atoms with van der Waals surface area (Å²) in [6.45, 7) is 15.4. The first-order valence-corrected chi connectivity index (χ1v) is 24.5. The summed E-state index contributed by atoms with van der Waals surface area (Å²) in [4.78, 5) is 67.0. The predicted octanol–water partition coefficient (Wildman–Crippen LogP) is 4.75. The van der Waals surface area contributed by atoms with Gasteiger partial charge in [-0.3, -0.25) is 28.9 Å². The third kappa shape index (κ3) is 6.92. The van der Waals surface area contributed by atoms with Crippen molar-refractivity contribution in [2.24, 2.45) is 51.2 Å². The standard InChI is InChI=1S/C26H32F2O7.C26H38N2O4/c1-13(29)33-12-20(32)26-21(34-22(2,3)35-26)10-15-16-9-18(27)17-8-14(30)6-7-23(17,4)25(16,28)19(31)11-24(15,26)5;1-24-8-6-18(29)14-17(24)4-5-19-20-7-9-26(32,25(20,2)15-21(30)23(19)24)22(31)16-28-12-10-27(3)11-13-28/h6-8,15-16,18-19,21,31H,9-12H2,1-5H3;6,8,14,19-21,23,30,32H,4-5,7,9-13,15-16H2,1-3H3/t15-,16-,18-,19-,21+,23-,24-,25-,26+;19-,20-,21-,23+,24-,25-,26-/m00/s1. The van der Waals surface area contributed by atoms with E-state index in [2.05, 4.69) is 30.7 Å². The number of allylic oxidation sites excluding steroid dienone is 8. The fourth-order valence-electron chi connectivity index (χ4n) is 16.2. The Morgan fingerprint density at radius 2 is 1.54 bits per heavy atom. The molecule has 3 N–H and O–H groups in total. The molecule has 6 saturated carbocycles. The minimum Gasteiger partial charge on any atom is -0.458 e. The van der Waals surface area contributed by atoms with E-state index in [-0.39, 0.29) is 59.6 Å². The monoisotopic (exact) mass is 936 g/mol. The molecule has 15 heteroatoms. The number of rotatable bonds is 6. The van der Waals surface area contributed by atoms with Crippen LogP contribution in [0.5, 0.6) is 0 Å². The van der Waals surface area contributed by atoms with Crippen molar-refractivity contribution in [2.75, 3.05) is 46.4 Å². The molecule has 13 nitrogen and oxygen atoms in total. The lowest BCUT2D eigenvalue weighted by molar-refractivity contribution is -0.249. The third-order valence-corrected chi connectivity index (χ3v) is 19.5. The van der Waals surface area contributed by atoms with Gasteiger partial charge in [0.15, 0.2) is 41.0 Å². The van der Waals surface area contributed by atoms with Crippen LogP contribution in [0.15, 0.2) is 47.6 Å². The zero-order valence-electron chi connectivity index (χ0n) is 40.3. The zero-order valence-corrected chi connectivity index (χ0v) is 40.3. The Morgan fingerprint density at radius 3 is 2.22 bits per heavy atom. The SMILES string of the molecule is CC(=O)OCC(=O)[C@@]12OC(C)(C)O[C@@H]1C[C@H]1[C@@H]3C[C@H](F)C4=CC(=O)C=C[C@]4(C)[C@@]3(F)[C@@H](O)C[C@@]12C.CN1CCN(CC(=O)[C@@]2(O)CC[C@H]3[C@@H]4CCC5=CC(=O)C=C[C@]5(C)[C@H]4[C@@H](O)C[C@@]32C)CC1. The highest BCUT2D eigenvalue weighted by molar-refractivity contribution is 6.02. The molecule has 8 aliphatic carbocycles. The maximum absolute atomic E-state index is 17.3. The molecule has 0 unspecified atom stereocenters. The normalized spacial score (nSPS) is 48.2. The van der Waals surface area contributed by atoms with Crippen LogP contribution in [0.3, 0.4) is 0 Å². The largest absolute Gasteiger partial charge is 0.458 e. The van der Waals surface area contributed by atoms with E-state index in [4.69, 9.17) is 14.2 Å². The number of nitrogens with zero attached hydrogens (tertiary/aromatic N) is 2. The average Bonchev–Trinajstić information content (AvgIpc) is 3.79. The van der Waals surface area contributed by atoms with Gasteiger partial charge in [-0.2, -0.15) is 0 Å². The first-order chi connectivity index (χ1) is 31.2. The number of fused-ring (bicyclic) bond motifs is 12. The zero-order chi connectivity index (χ0) is 48.7. The van der Waals surface area contributed by atoms with Crippen LogP contribution in [0.1, 0.15) is 99.8 Å². The summed E-state index contributed by atoms with van der Waals surface area (Å²) >= 11 is 0. The Morgan fingerprint density at radius 1 is 0.866 bits per heavy atom. The number of ether oxygens (including phenoxy) is 3. The predicted molar refractivity (Wildman–Crippen MR) is 240 cm³/mol. The first-order valence-electron chi connectivity index (χ1n) is 24.5. The summed E-state index contributed by atoms with van der Waals surface area (Å²) in [7, 11) is 2.10. The van der Waals surface area contributed by atoms with E-state index in [1.165, 1.54) is 26.0 Å². The topological polar surface area (TPSA) is 180 Å². The molecule has 2 aliphatic heterocycles. The molecule has 0 aromatic rings. The number of halogens is 2. The number of Topliss-reactive ketones (excluding diaryl/α,β-unsaturated/α-hetero) is 2.